The molecule has 2 aromatic rings. The maximum atomic E-state index is 6.36. The Morgan fingerprint density at radius 3 is 2.21 bits per heavy atom. The SMILES string of the molecule is Cc1cc(C(N)c2ccc(CC(C)C)cc2)sc1C. The van der Waals surface area contributed by atoms with E-state index < -0.39 is 0 Å². The Bertz CT molecular complexity index is 517. The minimum atomic E-state index is 0.00509. The van der Waals surface area contributed by atoms with Gasteiger partial charge in [0.25, 0.3) is 0 Å². The summed E-state index contributed by atoms with van der Waals surface area (Å²) in [5, 5.41) is 0. The second kappa shape index (κ2) is 5.89. The third kappa shape index (κ3) is 3.46. The molecule has 1 nitrogen and oxygen atoms in total. The van der Waals surface area contributed by atoms with Gasteiger partial charge < -0.3 is 5.73 Å². The lowest BCUT2D eigenvalue weighted by Gasteiger charge is -2.11. The Morgan fingerprint density at radius 1 is 1.11 bits per heavy atom. The normalized spacial score (nSPS) is 12.9. The van der Waals surface area contributed by atoms with E-state index in [2.05, 4.69) is 58.0 Å². The molecule has 0 saturated carbocycles. The van der Waals surface area contributed by atoms with E-state index in [0.29, 0.717) is 5.92 Å². The van der Waals surface area contributed by atoms with Gasteiger partial charge in [-0.2, -0.15) is 0 Å². The van der Waals surface area contributed by atoms with Gasteiger partial charge in [0, 0.05) is 9.75 Å². The zero-order valence-corrected chi connectivity index (χ0v) is 13.1. The molecule has 0 aliphatic rings. The summed E-state index contributed by atoms with van der Waals surface area (Å²) in [6.45, 7) is 8.80. The molecule has 1 aromatic carbocycles. The van der Waals surface area contributed by atoms with E-state index in [9.17, 15) is 0 Å². The van der Waals surface area contributed by atoms with Gasteiger partial charge in [-0.25, -0.2) is 0 Å². The summed E-state index contributed by atoms with van der Waals surface area (Å²) in [4.78, 5) is 2.62. The predicted molar refractivity (Wildman–Crippen MR) is 84.8 cm³/mol. The highest BCUT2D eigenvalue weighted by atomic mass is 32.1. The first-order valence-electron chi connectivity index (χ1n) is 6.88. The monoisotopic (exact) mass is 273 g/mol. The molecule has 102 valence electrons. The van der Waals surface area contributed by atoms with Crippen LogP contribution in [0.2, 0.25) is 0 Å². The summed E-state index contributed by atoms with van der Waals surface area (Å²) in [5.74, 6) is 0.696. The lowest BCUT2D eigenvalue weighted by Crippen LogP contribution is -2.10. The fourth-order valence-corrected chi connectivity index (χ4v) is 3.32. The highest BCUT2D eigenvalue weighted by Gasteiger charge is 2.12. The molecular formula is C17H23NS. The van der Waals surface area contributed by atoms with Gasteiger partial charge in [-0.15, -0.1) is 11.3 Å². The fraction of sp³-hybridized carbons (Fsp3) is 0.412. The predicted octanol–water partition coefficient (Wildman–Crippen LogP) is 4.61. The van der Waals surface area contributed by atoms with E-state index >= 15 is 0 Å². The van der Waals surface area contributed by atoms with Crippen LogP contribution < -0.4 is 5.73 Å². The summed E-state index contributed by atoms with van der Waals surface area (Å²) >= 11 is 1.81. The molecule has 0 spiro atoms. The van der Waals surface area contributed by atoms with E-state index in [1.807, 2.05) is 11.3 Å². The zero-order chi connectivity index (χ0) is 14.0. The topological polar surface area (TPSA) is 26.0 Å². The number of hydrogen-bond donors (Lipinski definition) is 1. The lowest BCUT2D eigenvalue weighted by atomic mass is 9.99. The van der Waals surface area contributed by atoms with Gasteiger partial charge in [0.1, 0.15) is 0 Å². The third-order valence-electron chi connectivity index (χ3n) is 3.47. The minimum absolute atomic E-state index is 0.00509. The first-order chi connectivity index (χ1) is 8.97. The Labute approximate surface area is 120 Å². The van der Waals surface area contributed by atoms with E-state index in [1.54, 1.807) is 0 Å². The molecule has 2 heteroatoms. The van der Waals surface area contributed by atoms with E-state index in [1.165, 1.54) is 26.4 Å². The van der Waals surface area contributed by atoms with Crippen molar-refractivity contribution in [3.8, 4) is 0 Å². The van der Waals surface area contributed by atoms with Crippen LogP contribution in [0.3, 0.4) is 0 Å². The average Bonchev–Trinajstić information content (AvgIpc) is 2.69. The summed E-state index contributed by atoms with van der Waals surface area (Å²) < 4.78 is 0. The van der Waals surface area contributed by atoms with Gasteiger partial charge in [0.2, 0.25) is 0 Å². The van der Waals surface area contributed by atoms with Crippen LogP contribution in [0.15, 0.2) is 30.3 Å². The molecular weight excluding hydrogens is 250 g/mol. The maximum absolute atomic E-state index is 6.36. The molecule has 0 radical (unpaired) electrons. The van der Waals surface area contributed by atoms with Crippen molar-refractivity contribution in [3.05, 3.63) is 56.8 Å². The molecule has 0 bridgehead atoms. The van der Waals surface area contributed by atoms with Crippen molar-refractivity contribution in [3.63, 3.8) is 0 Å². The van der Waals surface area contributed by atoms with Crippen LogP contribution in [0, 0.1) is 19.8 Å². The van der Waals surface area contributed by atoms with Gasteiger partial charge in [-0.05, 0) is 48.9 Å². The third-order valence-corrected chi connectivity index (χ3v) is 4.71. The second-order valence-corrected chi connectivity index (χ2v) is 6.99. The molecule has 0 aliphatic carbocycles. The fourth-order valence-electron chi connectivity index (χ4n) is 2.25. The lowest BCUT2D eigenvalue weighted by molar-refractivity contribution is 0.647. The maximum Gasteiger partial charge on any atom is 0.0646 e. The van der Waals surface area contributed by atoms with Crippen LogP contribution in [-0.2, 0) is 6.42 Å². The number of nitrogens with two attached hydrogens (primary N) is 1. The molecule has 0 saturated heterocycles. The molecule has 0 amide bonds. The van der Waals surface area contributed by atoms with Gasteiger partial charge in [-0.1, -0.05) is 38.1 Å². The van der Waals surface area contributed by atoms with E-state index in [4.69, 9.17) is 5.73 Å². The van der Waals surface area contributed by atoms with Crippen LogP contribution in [0.4, 0.5) is 0 Å². The Hall–Kier alpha value is -1.12. The van der Waals surface area contributed by atoms with E-state index in [0.717, 1.165) is 6.42 Å². The highest BCUT2D eigenvalue weighted by Crippen LogP contribution is 2.29. The summed E-state index contributed by atoms with van der Waals surface area (Å²) in [5.41, 5.74) is 10.3. The smallest absolute Gasteiger partial charge is 0.0646 e. The quantitative estimate of drug-likeness (QED) is 0.865. The summed E-state index contributed by atoms with van der Waals surface area (Å²) in [6.07, 6.45) is 1.13. The molecule has 1 aromatic heterocycles. The highest BCUT2D eigenvalue weighted by molar-refractivity contribution is 7.12. The molecule has 0 fully saturated rings. The molecule has 0 aliphatic heterocycles. The van der Waals surface area contributed by atoms with Gasteiger partial charge >= 0.3 is 0 Å². The van der Waals surface area contributed by atoms with Crippen molar-refractivity contribution in [2.24, 2.45) is 11.7 Å². The first kappa shape index (κ1) is 14.3. The van der Waals surface area contributed by atoms with Crippen LogP contribution in [0.25, 0.3) is 0 Å². The first-order valence-corrected chi connectivity index (χ1v) is 7.70. The average molecular weight is 273 g/mol. The minimum Gasteiger partial charge on any atom is -0.320 e. The van der Waals surface area contributed by atoms with Crippen LogP contribution in [-0.4, -0.2) is 0 Å². The van der Waals surface area contributed by atoms with Crippen LogP contribution >= 0.6 is 11.3 Å². The molecule has 2 rings (SSSR count). The van der Waals surface area contributed by atoms with Crippen molar-refractivity contribution in [2.45, 2.75) is 40.2 Å². The number of aryl methyl sites for hydroxylation is 2. The Morgan fingerprint density at radius 2 is 1.74 bits per heavy atom. The van der Waals surface area contributed by atoms with Crippen molar-refractivity contribution >= 4 is 11.3 Å². The number of hydrogen-bond acceptors (Lipinski definition) is 2. The largest absolute Gasteiger partial charge is 0.320 e. The van der Waals surface area contributed by atoms with Gasteiger partial charge in [-0.3, -0.25) is 0 Å². The number of thiophene rings is 1. The van der Waals surface area contributed by atoms with E-state index in [-0.39, 0.29) is 6.04 Å². The zero-order valence-electron chi connectivity index (χ0n) is 12.2. The van der Waals surface area contributed by atoms with Crippen LogP contribution in [0.1, 0.15) is 46.3 Å². The van der Waals surface area contributed by atoms with Crippen LogP contribution in [0.5, 0.6) is 0 Å². The molecule has 1 heterocycles. The standard InChI is InChI=1S/C17H23NS/c1-11(2)9-14-5-7-15(8-6-14)17(18)16-10-12(3)13(4)19-16/h5-8,10-11,17H,9,18H2,1-4H3. The number of benzene rings is 1. The van der Waals surface area contributed by atoms with Crippen molar-refractivity contribution < 1.29 is 0 Å². The Balaban J connectivity index is 2.17. The van der Waals surface area contributed by atoms with Gasteiger partial charge in [0.15, 0.2) is 0 Å². The van der Waals surface area contributed by atoms with Crippen molar-refractivity contribution in [2.75, 3.05) is 0 Å². The van der Waals surface area contributed by atoms with Crippen molar-refractivity contribution in [1.82, 2.24) is 0 Å². The second-order valence-electron chi connectivity index (χ2n) is 5.71. The summed E-state index contributed by atoms with van der Waals surface area (Å²) in [6, 6.07) is 11.0. The summed E-state index contributed by atoms with van der Waals surface area (Å²) in [7, 11) is 0. The molecule has 1 unspecified atom stereocenters. The Kier molecular flexibility index (Phi) is 4.43. The molecule has 1 atom stereocenters. The molecule has 19 heavy (non-hydrogen) atoms. The van der Waals surface area contributed by atoms with Gasteiger partial charge in [0.05, 0.1) is 6.04 Å². The molecule has 2 N–H and O–H groups in total. The number of rotatable bonds is 4. The van der Waals surface area contributed by atoms with Crippen molar-refractivity contribution in [1.29, 1.82) is 0 Å².